The van der Waals surface area contributed by atoms with Crippen LogP contribution in [0.1, 0.15) is 16.4 Å². The van der Waals surface area contributed by atoms with E-state index in [1.807, 2.05) is 36.4 Å². The minimum absolute atomic E-state index is 0.193. The van der Waals surface area contributed by atoms with Crippen LogP contribution in [0.25, 0.3) is 17.1 Å². The zero-order valence-electron chi connectivity index (χ0n) is 14.4. The van der Waals surface area contributed by atoms with Gasteiger partial charge >= 0.3 is 0 Å². The van der Waals surface area contributed by atoms with Crippen molar-refractivity contribution in [2.75, 3.05) is 7.11 Å². The predicted molar refractivity (Wildman–Crippen MR) is 101 cm³/mol. The molecule has 4 aromatic rings. The normalized spacial score (nSPS) is 11.3. The van der Waals surface area contributed by atoms with Gasteiger partial charge in [-0.3, -0.25) is 0 Å². The third kappa shape index (κ3) is 3.95. The van der Waals surface area contributed by atoms with Crippen LogP contribution in [-0.4, -0.2) is 26.9 Å². The lowest BCUT2D eigenvalue weighted by Crippen LogP contribution is -2.02. The Balaban J connectivity index is 1.47. The van der Waals surface area contributed by atoms with Crippen molar-refractivity contribution in [3.63, 3.8) is 0 Å². The number of rotatable bonds is 6. The van der Waals surface area contributed by atoms with E-state index < -0.39 is 0 Å². The lowest BCUT2D eigenvalue weighted by molar-refractivity contribution is 0.292. The van der Waals surface area contributed by atoms with Gasteiger partial charge in [0.05, 0.1) is 7.11 Å². The van der Waals surface area contributed by atoms with Gasteiger partial charge in [-0.15, -0.1) is 10.2 Å². The first kappa shape index (κ1) is 17.2. The summed E-state index contributed by atoms with van der Waals surface area (Å²) < 4.78 is 25.4. The van der Waals surface area contributed by atoms with E-state index in [0.29, 0.717) is 16.5 Å². The highest BCUT2D eigenvalue weighted by Gasteiger charge is 2.11. The molecule has 0 fully saturated rings. The molecule has 0 amide bonds. The van der Waals surface area contributed by atoms with Crippen molar-refractivity contribution in [2.24, 2.45) is 0 Å². The maximum Gasteiger partial charge on any atom is 0.235 e. The standard InChI is InChI=1S/C19H15FN4O2S/c1-25-15-7-2-13(3-8-15)4-11-18-23-24-17(21-22-19(24)27-18)12-26-16-9-5-14(20)6-10-16/h2-11H,12H2,1H3/b11-4+. The summed E-state index contributed by atoms with van der Waals surface area (Å²) in [6, 6.07) is 13.6. The maximum absolute atomic E-state index is 12.9. The van der Waals surface area contributed by atoms with Gasteiger partial charge in [-0.1, -0.05) is 29.5 Å². The fourth-order valence-electron chi connectivity index (χ4n) is 2.39. The second kappa shape index (κ2) is 7.55. The molecular weight excluding hydrogens is 367 g/mol. The van der Waals surface area contributed by atoms with Crippen LogP contribution < -0.4 is 9.47 Å². The number of fused-ring (bicyclic) bond motifs is 1. The Morgan fingerprint density at radius 3 is 2.48 bits per heavy atom. The Morgan fingerprint density at radius 1 is 1.00 bits per heavy atom. The van der Waals surface area contributed by atoms with E-state index in [2.05, 4.69) is 15.3 Å². The molecule has 136 valence electrons. The first-order valence-corrected chi connectivity index (χ1v) is 8.94. The van der Waals surface area contributed by atoms with Crippen LogP contribution in [0.2, 0.25) is 0 Å². The number of methoxy groups -OCH3 is 1. The molecule has 2 aromatic carbocycles. The molecule has 0 saturated carbocycles. The fraction of sp³-hybridized carbons (Fsp3) is 0.105. The van der Waals surface area contributed by atoms with E-state index in [1.54, 1.807) is 23.8 Å². The van der Waals surface area contributed by atoms with Crippen molar-refractivity contribution in [3.8, 4) is 11.5 Å². The Morgan fingerprint density at radius 2 is 1.74 bits per heavy atom. The zero-order valence-corrected chi connectivity index (χ0v) is 15.2. The second-order valence-corrected chi connectivity index (χ2v) is 6.59. The molecule has 0 saturated heterocycles. The third-order valence-electron chi connectivity index (χ3n) is 3.79. The number of benzene rings is 2. The molecule has 0 aliphatic rings. The highest BCUT2D eigenvalue weighted by atomic mass is 32.1. The summed E-state index contributed by atoms with van der Waals surface area (Å²) in [6.07, 6.45) is 3.89. The first-order chi connectivity index (χ1) is 13.2. The summed E-state index contributed by atoms with van der Waals surface area (Å²) in [5, 5.41) is 13.5. The van der Waals surface area contributed by atoms with Gasteiger partial charge < -0.3 is 9.47 Å². The van der Waals surface area contributed by atoms with Gasteiger partial charge in [-0.05, 0) is 48.0 Å². The average molecular weight is 382 g/mol. The number of hydrogen-bond donors (Lipinski definition) is 0. The fourth-order valence-corrected chi connectivity index (χ4v) is 3.15. The third-order valence-corrected chi connectivity index (χ3v) is 4.65. The summed E-state index contributed by atoms with van der Waals surface area (Å²) in [5.74, 6) is 1.65. The molecule has 0 unspecified atom stereocenters. The molecule has 27 heavy (non-hydrogen) atoms. The smallest absolute Gasteiger partial charge is 0.235 e. The minimum Gasteiger partial charge on any atom is -0.497 e. The average Bonchev–Trinajstić information content (AvgIpc) is 3.27. The summed E-state index contributed by atoms with van der Waals surface area (Å²) in [4.78, 5) is 0.682. The lowest BCUT2D eigenvalue weighted by atomic mass is 10.2. The van der Waals surface area contributed by atoms with Crippen molar-refractivity contribution >= 4 is 28.4 Å². The van der Waals surface area contributed by atoms with Crippen LogP contribution in [0.5, 0.6) is 11.5 Å². The van der Waals surface area contributed by atoms with Crippen LogP contribution in [0.4, 0.5) is 4.39 Å². The largest absolute Gasteiger partial charge is 0.497 e. The van der Waals surface area contributed by atoms with E-state index in [1.165, 1.54) is 23.5 Å². The summed E-state index contributed by atoms with van der Waals surface area (Å²) in [5.41, 5.74) is 1.04. The van der Waals surface area contributed by atoms with Crippen molar-refractivity contribution in [2.45, 2.75) is 6.61 Å². The van der Waals surface area contributed by atoms with Crippen molar-refractivity contribution < 1.29 is 13.9 Å². The Labute approximate surface area is 158 Å². The quantitative estimate of drug-likeness (QED) is 0.503. The maximum atomic E-state index is 12.9. The Bertz CT molecular complexity index is 1070. The van der Waals surface area contributed by atoms with Crippen LogP contribution in [0.15, 0.2) is 48.5 Å². The van der Waals surface area contributed by atoms with Gasteiger partial charge in [0.25, 0.3) is 0 Å². The summed E-state index contributed by atoms with van der Waals surface area (Å²) >= 11 is 1.43. The molecule has 0 N–H and O–H groups in total. The van der Waals surface area contributed by atoms with E-state index >= 15 is 0 Å². The number of aromatic nitrogens is 4. The van der Waals surface area contributed by atoms with Gasteiger partial charge in [0.15, 0.2) is 5.82 Å². The molecule has 2 heterocycles. The number of nitrogens with zero attached hydrogens (tertiary/aromatic N) is 4. The van der Waals surface area contributed by atoms with Crippen LogP contribution >= 0.6 is 11.3 Å². The van der Waals surface area contributed by atoms with Crippen molar-refractivity contribution in [1.29, 1.82) is 0 Å². The molecule has 0 aliphatic carbocycles. The van der Waals surface area contributed by atoms with E-state index in [9.17, 15) is 4.39 Å². The highest BCUT2D eigenvalue weighted by molar-refractivity contribution is 7.17. The minimum atomic E-state index is -0.306. The Kier molecular flexibility index (Phi) is 4.80. The number of halogens is 1. The molecule has 8 heteroatoms. The second-order valence-electron chi connectivity index (χ2n) is 5.60. The van der Waals surface area contributed by atoms with Crippen LogP contribution in [-0.2, 0) is 6.61 Å². The van der Waals surface area contributed by atoms with Gasteiger partial charge in [-0.2, -0.15) is 9.61 Å². The zero-order chi connectivity index (χ0) is 18.6. The van der Waals surface area contributed by atoms with Crippen LogP contribution in [0, 0.1) is 5.82 Å². The Hall–Kier alpha value is -3.26. The predicted octanol–water partition coefficient (Wildman–Crippen LogP) is 4.08. The molecule has 0 radical (unpaired) electrons. The molecule has 0 atom stereocenters. The molecule has 0 spiro atoms. The first-order valence-electron chi connectivity index (χ1n) is 8.13. The van der Waals surface area contributed by atoms with Crippen molar-refractivity contribution in [3.05, 3.63) is 70.7 Å². The molecule has 2 aromatic heterocycles. The van der Waals surface area contributed by atoms with E-state index in [-0.39, 0.29) is 12.4 Å². The van der Waals surface area contributed by atoms with E-state index in [4.69, 9.17) is 9.47 Å². The topological polar surface area (TPSA) is 61.5 Å². The van der Waals surface area contributed by atoms with Crippen molar-refractivity contribution in [1.82, 2.24) is 19.8 Å². The van der Waals surface area contributed by atoms with E-state index in [0.717, 1.165) is 16.3 Å². The monoisotopic (exact) mass is 382 g/mol. The molecule has 4 rings (SSSR count). The van der Waals surface area contributed by atoms with Gasteiger partial charge in [0.2, 0.25) is 4.96 Å². The number of hydrogen-bond acceptors (Lipinski definition) is 6. The molecular formula is C19H15FN4O2S. The summed E-state index contributed by atoms with van der Waals surface area (Å²) in [7, 11) is 1.64. The SMILES string of the molecule is COc1ccc(/C=C/c2nn3c(COc4ccc(F)cc4)nnc3s2)cc1. The lowest BCUT2D eigenvalue weighted by Gasteiger charge is -2.03. The summed E-state index contributed by atoms with van der Waals surface area (Å²) in [6.45, 7) is 0.193. The van der Waals surface area contributed by atoms with Gasteiger partial charge in [0.1, 0.15) is 28.9 Å². The van der Waals surface area contributed by atoms with Crippen LogP contribution in [0.3, 0.4) is 0 Å². The highest BCUT2D eigenvalue weighted by Crippen LogP contribution is 2.19. The number of ether oxygens (including phenoxy) is 2. The molecule has 6 nitrogen and oxygen atoms in total. The van der Waals surface area contributed by atoms with Gasteiger partial charge in [-0.25, -0.2) is 4.39 Å². The molecule has 0 bridgehead atoms. The van der Waals surface area contributed by atoms with Gasteiger partial charge in [0, 0.05) is 0 Å². The molecule has 0 aliphatic heterocycles.